The quantitative estimate of drug-likeness (QED) is 0.911. The first-order chi connectivity index (χ1) is 9.63. The highest BCUT2D eigenvalue weighted by atomic mass is 35.5. The molecule has 20 heavy (non-hydrogen) atoms. The third kappa shape index (κ3) is 3.19. The van der Waals surface area contributed by atoms with Gasteiger partial charge in [0.1, 0.15) is 5.03 Å². The molecule has 0 amide bonds. The molecule has 0 atom stereocenters. The van der Waals surface area contributed by atoms with Crippen LogP contribution < -0.4 is 5.32 Å². The number of halogens is 1. The average Bonchev–Trinajstić information content (AvgIpc) is 3.19. The van der Waals surface area contributed by atoms with Crippen molar-refractivity contribution >= 4 is 23.4 Å². The summed E-state index contributed by atoms with van der Waals surface area (Å²) in [5.74, 6) is 0. The first kappa shape index (κ1) is 14.0. The molecule has 0 radical (unpaired) electrons. The molecule has 3 nitrogen and oxygen atoms in total. The second-order valence-electron chi connectivity index (χ2n) is 5.20. The van der Waals surface area contributed by atoms with Gasteiger partial charge in [-0.05, 0) is 44.0 Å². The van der Waals surface area contributed by atoms with Gasteiger partial charge in [-0.25, -0.2) is 0 Å². The summed E-state index contributed by atoms with van der Waals surface area (Å²) < 4.78 is 1.97. The molecule has 0 aliphatic heterocycles. The van der Waals surface area contributed by atoms with Gasteiger partial charge >= 0.3 is 0 Å². The fourth-order valence-electron chi connectivity index (χ4n) is 2.16. The number of nitrogens with zero attached hydrogens (tertiary/aromatic N) is 2. The lowest BCUT2D eigenvalue weighted by Crippen LogP contribution is -2.16. The maximum Gasteiger partial charge on any atom is 0.103 e. The van der Waals surface area contributed by atoms with Gasteiger partial charge in [-0.15, -0.1) is 0 Å². The van der Waals surface area contributed by atoms with E-state index >= 15 is 0 Å². The molecule has 0 spiro atoms. The largest absolute Gasteiger partial charge is 0.310 e. The van der Waals surface area contributed by atoms with Crippen LogP contribution in [-0.2, 0) is 13.6 Å². The van der Waals surface area contributed by atoms with Crippen molar-refractivity contribution in [2.75, 3.05) is 0 Å². The summed E-state index contributed by atoms with van der Waals surface area (Å²) in [6, 6.07) is 8.66. The lowest BCUT2D eigenvalue weighted by atomic mass is 10.2. The Kier molecular flexibility index (Phi) is 4.06. The lowest BCUT2D eigenvalue weighted by Gasteiger charge is -2.07. The zero-order valence-corrected chi connectivity index (χ0v) is 13.3. The number of aryl methyl sites for hydroxylation is 2. The SMILES string of the molecule is Cc1nn(C)c(Sc2ccc(Cl)cc2)c1CNC1CC1. The summed E-state index contributed by atoms with van der Waals surface area (Å²) in [6.45, 7) is 2.98. The van der Waals surface area contributed by atoms with E-state index in [1.54, 1.807) is 11.8 Å². The molecule has 1 aromatic carbocycles. The van der Waals surface area contributed by atoms with Crippen molar-refractivity contribution < 1.29 is 0 Å². The predicted molar refractivity (Wildman–Crippen MR) is 83.4 cm³/mol. The molecule has 1 aliphatic rings. The van der Waals surface area contributed by atoms with E-state index in [1.165, 1.54) is 28.3 Å². The van der Waals surface area contributed by atoms with E-state index in [0.29, 0.717) is 6.04 Å². The summed E-state index contributed by atoms with van der Waals surface area (Å²) in [7, 11) is 2.01. The van der Waals surface area contributed by atoms with Crippen LogP contribution in [0.5, 0.6) is 0 Å². The van der Waals surface area contributed by atoms with Gasteiger partial charge < -0.3 is 5.32 Å². The minimum absolute atomic E-state index is 0.711. The number of benzene rings is 1. The maximum absolute atomic E-state index is 5.94. The second-order valence-corrected chi connectivity index (χ2v) is 6.70. The van der Waals surface area contributed by atoms with E-state index in [4.69, 9.17) is 11.6 Å². The van der Waals surface area contributed by atoms with E-state index in [9.17, 15) is 0 Å². The van der Waals surface area contributed by atoms with Gasteiger partial charge in [0, 0.05) is 35.1 Å². The van der Waals surface area contributed by atoms with Gasteiger partial charge in [-0.3, -0.25) is 4.68 Å². The highest BCUT2D eigenvalue weighted by Gasteiger charge is 2.22. The Balaban J connectivity index is 1.81. The van der Waals surface area contributed by atoms with Crippen LogP contribution in [0.15, 0.2) is 34.2 Å². The van der Waals surface area contributed by atoms with Crippen molar-refractivity contribution in [1.82, 2.24) is 15.1 Å². The van der Waals surface area contributed by atoms with Gasteiger partial charge in [0.15, 0.2) is 0 Å². The van der Waals surface area contributed by atoms with Crippen LogP contribution in [0.4, 0.5) is 0 Å². The highest BCUT2D eigenvalue weighted by Crippen LogP contribution is 2.32. The standard InChI is InChI=1S/C15H18ClN3S/c1-10-14(9-17-12-5-6-12)15(19(2)18-10)20-13-7-3-11(16)4-8-13/h3-4,7-8,12,17H,5-6,9H2,1-2H3. The van der Waals surface area contributed by atoms with Gasteiger partial charge in [0.05, 0.1) is 5.69 Å². The molecular weight excluding hydrogens is 290 g/mol. The Morgan fingerprint density at radius 2 is 2.05 bits per heavy atom. The number of hydrogen-bond donors (Lipinski definition) is 1. The Morgan fingerprint density at radius 1 is 1.35 bits per heavy atom. The normalized spacial score (nSPS) is 14.8. The average molecular weight is 308 g/mol. The van der Waals surface area contributed by atoms with Gasteiger partial charge in [-0.2, -0.15) is 5.10 Å². The molecule has 3 rings (SSSR count). The van der Waals surface area contributed by atoms with Gasteiger partial charge in [0.25, 0.3) is 0 Å². The fourth-order valence-corrected chi connectivity index (χ4v) is 3.30. The van der Waals surface area contributed by atoms with Crippen LogP contribution in [0.1, 0.15) is 24.1 Å². The fraction of sp³-hybridized carbons (Fsp3) is 0.400. The van der Waals surface area contributed by atoms with Crippen LogP contribution in [0, 0.1) is 6.92 Å². The zero-order valence-electron chi connectivity index (χ0n) is 11.7. The van der Waals surface area contributed by atoms with Crippen molar-refractivity contribution in [3.8, 4) is 0 Å². The maximum atomic E-state index is 5.94. The van der Waals surface area contributed by atoms with Crippen molar-refractivity contribution in [2.24, 2.45) is 7.05 Å². The van der Waals surface area contributed by atoms with Crippen LogP contribution in [0.3, 0.4) is 0 Å². The summed E-state index contributed by atoms with van der Waals surface area (Å²) >= 11 is 7.68. The van der Waals surface area contributed by atoms with Crippen molar-refractivity contribution in [3.63, 3.8) is 0 Å². The first-order valence-corrected chi connectivity index (χ1v) is 8.02. The van der Waals surface area contributed by atoms with Gasteiger partial charge in [-0.1, -0.05) is 23.4 Å². The summed E-state index contributed by atoms with van der Waals surface area (Å²) in [6.07, 6.45) is 2.61. The van der Waals surface area contributed by atoms with Crippen LogP contribution in [0.2, 0.25) is 5.02 Å². The summed E-state index contributed by atoms with van der Waals surface area (Å²) in [5.41, 5.74) is 2.41. The van der Waals surface area contributed by atoms with E-state index in [1.807, 2.05) is 36.0 Å². The Hall–Kier alpha value is -0.970. The molecule has 1 aliphatic carbocycles. The van der Waals surface area contributed by atoms with Crippen molar-refractivity contribution in [1.29, 1.82) is 0 Å². The van der Waals surface area contributed by atoms with Gasteiger partial charge in [0.2, 0.25) is 0 Å². The van der Waals surface area contributed by atoms with E-state index in [2.05, 4.69) is 17.3 Å². The third-order valence-corrected chi connectivity index (χ3v) is 4.93. The smallest absolute Gasteiger partial charge is 0.103 e. The van der Waals surface area contributed by atoms with Crippen LogP contribution in [-0.4, -0.2) is 15.8 Å². The minimum Gasteiger partial charge on any atom is -0.310 e. The molecule has 1 fully saturated rings. The molecule has 106 valence electrons. The Labute approximate surface area is 128 Å². The predicted octanol–water partition coefficient (Wildman–Crippen LogP) is 3.79. The Bertz CT molecular complexity index is 602. The molecule has 1 heterocycles. The molecule has 0 bridgehead atoms. The molecule has 0 saturated heterocycles. The van der Waals surface area contributed by atoms with Crippen molar-refractivity contribution in [2.45, 2.75) is 42.3 Å². The number of aromatic nitrogens is 2. The summed E-state index contributed by atoms with van der Waals surface area (Å²) in [4.78, 5) is 1.19. The molecular formula is C15H18ClN3S. The van der Waals surface area contributed by atoms with Crippen molar-refractivity contribution in [3.05, 3.63) is 40.5 Å². The van der Waals surface area contributed by atoms with E-state index in [-0.39, 0.29) is 0 Å². The molecule has 1 N–H and O–H groups in total. The highest BCUT2D eigenvalue weighted by molar-refractivity contribution is 7.99. The number of nitrogens with one attached hydrogen (secondary N) is 1. The monoisotopic (exact) mass is 307 g/mol. The molecule has 1 aromatic heterocycles. The molecule has 5 heteroatoms. The van der Waals surface area contributed by atoms with E-state index < -0.39 is 0 Å². The van der Waals surface area contributed by atoms with E-state index in [0.717, 1.165) is 17.3 Å². The molecule has 1 saturated carbocycles. The summed E-state index contributed by atoms with van der Waals surface area (Å²) in [5, 5.41) is 10.1. The van der Waals surface area contributed by atoms with Crippen LogP contribution >= 0.6 is 23.4 Å². The topological polar surface area (TPSA) is 29.9 Å². The first-order valence-electron chi connectivity index (χ1n) is 6.83. The zero-order chi connectivity index (χ0) is 14.1. The Morgan fingerprint density at radius 3 is 2.70 bits per heavy atom. The second kappa shape index (κ2) is 5.80. The number of hydrogen-bond acceptors (Lipinski definition) is 3. The molecule has 2 aromatic rings. The van der Waals surface area contributed by atoms with Crippen LogP contribution in [0.25, 0.3) is 0 Å². The minimum atomic E-state index is 0.711. The number of rotatable bonds is 5. The lowest BCUT2D eigenvalue weighted by molar-refractivity contribution is 0.658. The molecule has 0 unspecified atom stereocenters. The third-order valence-electron chi connectivity index (χ3n) is 3.46.